The summed E-state index contributed by atoms with van der Waals surface area (Å²) in [4.78, 5) is 48.9. The summed E-state index contributed by atoms with van der Waals surface area (Å²) in [5.41, 5.74) is 0.405. The second kappa shape index (κ2) is 6.07. The Hall–Kier alpha value is -3.29. The lowest BCUT2D eigenvalue weighted by Crippen LogP contribution is -2.27. The number of ketones is 1. The van der Waals surface area contributed by atoms with Gasteiger partial charge in [0.2, 0.25) is 0 Å². The number of fused-ring (bicyclic) bond motifs is 1. The monoisotopic (exact) mass is 327 g/mol. The Morgan fingerprint density at radius 3 is 2.54 bits per heavy atom. The van der Waals surface area contributed by atoms with Crippen molar-refractivity contribution in [2.45, 2.75) is 19.3 Å². The number of nitro groups is 1. The molecule has 0 bridgehead atoms. The molecule has 0 radical (unpaired) electrons. The molecular weight excluding hydrogens is 314 g/mol. The minimum atomic E-state index is -0.675. The first-order valence-corrected chi connectivity index (χ1v) is 7.31. The van der Waals surface area contributed by atoms with Gasteiger partial charge in [-0.25, -0.2) is 0 Å². The molecule has 3 rings (SSSR count). The molecule has 0 saturated heterocycles. The minimum Gasteiger partial charge on any atom is -0.325 e. The standard InChI is InChI=1S/C16H13N3O5/c20-14-3-1-2-13-11(14)8-12(16(22)18-13)15(21)17-9-4-6-10(7-5-9)19(23)24/h4-8H,1-3H2,(H,17,21)(H,18,22). The van der Waals surface area contributed by atoms with Crippen molar-refractivity contribution in [2.75, 3.05) is 5.32 Å². The zero-order chi connectivity index (χ0) is 17.3. The summed E-state index contributed by atoms with van der Waals surface area (Å²) in [6.45, 7) is 0. The highest BCUT2D eigenvalue weighted by molar-refractivity contribution is 6.06. The summed E-state index contributed by atoms with van der Waals surface area (Å²) in [5, 5.41) is 13.1. The van der Waals surface area contributed by atoms with E-state index in [1.165, 1.54) is 30.3 Å². The number of anilines is 1. The molecule has 2 N–H and O–H groups in total. The van der Waals surface area contributed by atoms with Crippen LogP contribution in [0.15, 0.2) is 35.1 Å². The maximum absolute atomic E-state index is 12.3. The maximum Gasteiger partial charge on any atom is 0.269 e. The van der Waals surface area contributed by atoms with Crippen LogP contribution in [-0.4, -0.2) is 21.6 Å². The fraction of sp³-hybridized carbons (Fsp3) is 0.188. The van der Waals surface area contributed by atoms with E-state index in [9.17, 15) is 24.5 Å². The molecule has 1 aromatic heterocycles. The van der Waals surface area contributed by atoms with Crippen LogP contribution < -0.4 is 10.9 Å². The van der Waals surface area contributed by atoms with Gasteiger partial charge in [-0.15, -0.1) is 0 Å². The molecule has 24 heavy (non-hydrogen) atoms. The number of H-pyrrole nitrogens is 1. The fourth-order valence-electron chi connectivity index (χ4n) is 2.61. The molecular formula is C16H13N3O5. The number of pyridine rings is 1. The number of benzene rings is 1. The van der Waals surface area contributed by atoms with Crippen LogP contribution in [0, 0.1) is 10.1 Å². The number of aryl methyl sites for hydroxylation is 1. The van der Waals surface area contributed by atoms with Crippen LogP contribution in [-0.2, 0) is 6.42 Å². The number of Topliss-reactive ketones (excluding diaryl/α,β-unsaturated/α-hetero) is 1. The van der Waals surface area contributed by atoms with E-state index in [2.05, 4.69) is 10.3 Å². The van der Waals surface area contributed by atoms with Crippen LogP contribution in [0.3, 0.4) is 0 Å². The number of amides is 1. The van der Waals surface area contributed by atoms with Crippen molar-refractivity contribution in [2.24, 2.45) is 0 Å². The molecule has 0 aliphatic heterocycles. The van der Waals surface area contributed by atoms with E-state index in [1.54, 1.807) is 0 Å². The number of nitrogens with one attached hydrogen (secondary N) is 2. The van der Waals surface area contributed by atoms with Gasteiger partial charge in [-0.05, 0) is 31.0 Å². The van der Waals surface area contributed by atoms with E-state index in [-0.39, 0.29) is 17.0 Å². The summed E-state index contributed by atoms with van der Waals surface area (Å²) < 4.78 is 0. The highest BCUT2D eigenvalue weighted by Gasteiger charge is 2.22. The summed E-state index contributed by atoms with van der Waals surface area (Å²) in [7, 11) is 0. The first-order chi connectivity index (χ1) is 11.5. The Balaban J connectivity index is 1.87. The number of nitrogens with zero attached hydrogens (tertiary/aromatic N) is 1. The molecule has 0 saturated carbocycles. The quantitative estimate of drug-likeness (QED) is 0.660. The molecule has 1 aromatic carbocycles. The average Bonchev–Trinajstić information content (AvgIpc) is 2.55. The van der Waals surface area contributed by atoms with Gasteiger partial charge in [0.05, 0.1) is 4.92 Å². The van der Waals surface area contributed by atoms with Gasteiger partial charge >= 0.3 is 0 Å². The molecule has 8 heteroatoms. The molecule has 8 nitrogen and oxygen atoms in total. The molecule has 1 heterocycles. The molecule has 0 fully saturated rings. The van der Waals surface area contributed by atoms with Gasteiger partial charge in [0.15, 0.2) is 5.78 Å². The van der Waals surface area contributed by atoms with Crippen LogP contribution in [0.2, 0.25) is 0 Å². The van der Waals surface area contributed by atoms with Crippen molar-refractivity contribution in [3.8, 4) is 0 Å². The van der Waals surface area contributed by atoms with E-state index in [4.69, 9.17) is 0 Å². The Morgan fingerprint density at radius 2 is 1.88 bits per heavy atom. The van der Waals surface area contributed by atoms with Gasteiger partial charge in [-0.1, -0.05) is 0 Å². The number of nitro benzene ring substituents is 1. The van der Waals surface area contributed by atoms with Gasteiger partial charge in [0, 0.05) is 35.5 Å². The van der Waals surface area contributed by atoms with Crippen LogP contribution in [0.1, 0.15) is 39.3 Å². The lowest BCUT2D eigenvalue weighted by atomic mass is 9.93. The first kappa shape index (κ1) is 15.6. The van der Waals surface area contributed by atoms with Crippen LogP contribution >= 0.6 is 0 Å². The second-order valence-electron chi connectivity index (χ2n) is 5.44. The molecule has 122 valence electrons. The number of aromatic amines is 1. The number of hydrogen-bond acceptors (Lipinski definition) is 5. The predicted octanol–water partition coefficient (Wildman–Crippen LogP) is 2.05. The molecule has 2 aromatic rings. The summed E-state index contributed by atoms with van der Waals surface area (Å²) >= 11 is 0. The van der Waals surface area contributed by atoms with Crippen molar-refractivity contribution in [3.63, 3.8) is 0 Å². The highest BCUT2D eigenvalue weighted by atomic mass is 16.6. The predicted molar refractivity (Wildman–Crippen MR) is 85.4 cm³/mol. The normalized spacial score (nSPS) is 13.2. The third-order valence-corrected chi connectivity index (χ3v) is 3.83. The molecule has 0 unspecified atom stereocenters. The maximum atomic E-state index is 12.3. The molecule has 1 aliphatic rings. The zero-order valence-corrected chi connectivity index (χ0v) is 12.5. The van der Waals surface area contributed by atoms with Gasteiger partial charge in [-0.2, -0.15) is 0 Å². The van der Waals surface area contributed by atoms with Crippen molar-refractivity contribution in [3.05, 3.63) is 67.6 Å². The topological polar surface area (TPSA) is 122 Å². The average molecular weight is 327 g/mol. The third kappa shape index (κ3) is 2.94. The Kier molecular flexibility index (Phi) is 3.95. The Morgan fingerprint density at radius 1 is 1.17 bits per heavy atom. The molecule has 1 amide bonds. The van der Waals surface area contributed by atoms with E-state index < -0.39 is 16.4 Å². The third-order valence-electron chi connectivity index (χ3n) is 3.83. The molecule has 0 spiro atoms. The van der Waals surface area contributed by atoms with Crippen molar-refractivity contribution in [1.82, 2.24) is 4.98 Å². The largest absolute Gasteiger partial charge is 0.325 e. The van der Waals surface area contributed by atoms with Gasteiger partial charge in [-0.3, -0.25) is 24.5 Å². The zero-order valence-electron chi connectivity index (χ0n) is 12.5. The summed E-state index contributed by atoms with van der Waals surface area (Å²) in [6, 6.07) is 6.55. The molecule has 0 atom stereocenters. The number of carbonyl (C=O) groups excluding carboxylic acids is 2. The lowest BCUT2D eigenvalue weighted by Gasteiger charge is -2.15. The van der Waals surface area contributed by atoms with E-state index in [0.717, 1.165) is 0 Å². The summed E-state index contributed by atoms with van der Waals surface area (Å²) in [6.07, 6.45) is 1.67. The van der Waals surface area contributed by atoms with E-state index in [0.29, 0.717) is 36.2 Å². The van der Waals surface area contributed by atoms with Gasteiger partial charge in [0.1, 0.15) is 5.56 Å². The number of rotatable bonds is 3. The number of non-ortho nitro benzene ring substituents is 1. The van der Waals surface area contributed by atoms with Crippen LogP contribution in [0.5, 0.6) is 0 Å². The highest BCUT2D eigenvalue weighted by Crippen LogP contribution is 2.20. The number of aromatic nitrogens is 1. The lowest BCUT2D eigenvalue weighted by molar-refractivity contribution is -0.384. The van der Waals surface area contributed by atoms with Crippen LogP contribution in [0.4, 0.5) is 11.4 Å². The summed E-state index contributed by atoms with van der Waals surface area (Å²) in [5.74, 6) is -0.775. The van der Waals surface area contributed by atoms with E-state index >= 15 is 0 Å². The molecule has 1 aliphatic carbocycles. The van der Waals surface area contributed by atoms with E-state index in [1.807, 2.05) is 0 Å². The van der Waals surface area contributed by atoms with Crippen molar-refractivity contribution in [1.29, 1.82) is 0 Å². The SMILES string of the molecule is O=C1CCCc2[nH]c(=O)c(C(=O)Nc3ccc([N+](=O)[O-])cc3)cc21. The minimum absolute atomic E-state index is 0.100. The van der Waals surface area contributed by atoms with Gasteiger partial charge in [0.25, 0.3) is 17.2 Å². The Labute approximate surface area is 135 Å². The smallest absolute Gasteiger partial charge is 0.269 e. The first-order valence-electron chi connectivity index (χ1n) is 7.31. The fourth-order valence-corrected chi connectivity index (χ4v) is 2.61. The van der Waals surface area contributed by atoms with Crippen molar-refractivity contribution < 1.29 is 14.5 Å². The number of carbonyl (C=O) groups is 2. The van der Waals surface area contributed by atoms with Crippen molar-refractivity contribution >= 4 is 23.1 Å². The second-order valence-corrected chi connectivity index (χ2v) is 5.44. The Bertz CT molecular complexity index is 899. The number of hydrogen-bond donors (Lipinski definition) is 2. The van der Waals surface area contributed by atoms with Gasteiger partial charge < -0.3 is 10.3 Å². The van der Waals surface area contributed by atoms with Crippen LogP contribution in [0.25, 0.3) is 0 Å².